The van der Waals surface area contributed by atoms with E-state index in [4.69, 9.17) is 13.9 Å². The van der Waals surface area contributed by atoms with Crippen LogP contribution in [0.15, 0.2) is 51.7 Å². The lowest BCUT2D eigenvalue weighted by atomic mass is 10.2. The van der Waals surface area contributed by atoms with Gasteiger partial charge in [0.25, 0.3) is 0 Å². The Morgan fingerprint density at radius 1 is 1.15 bits per heavy atom. The molecule has 0 saturated carbocycles. The molecule has 0 aliphatic heterocycles. The number of carbonyl (C=O) groups excluding carboxylic acids is 1. The fourth-order valence-corrected chi connectivity index (χ4v) is 2.80. The number of methoxy groups -OCH3 is 2. The Morgan fingerprint density at radius 2 is 1.88 bits per heavy atom. The topological polar surface area (TPSA) is 82.7 Å². The number of nitrogens with one attached hydrogen (secondary N) is 1. The van der Waals surface area contributed by atoms with Crippen molar-refractivity contribution >= 4 is 17.0 Å². The molecular weight excluding hydrogens is 336 g/mol. The molecule has 0 aliphatic carbocycles. The van der Waals surface area contributed by atoms with Gasteiger partial charge in [-0.05, 0) is 36.8 Å². The van der Waals surface area contributed by atoms with E-state index in [-0.39, 0.29) is 5.91 Å². The molecule has 1 amide bonds. The molecule has 3 rings (SSSR count). The number of oxazole rings is 1. The van der Waals surface area contributed by atoms with Crippen LogP contribution in [-0.4, -0.2) is 24.7 Å². The number of aromatic nitrogens is 1. The number of rotatable bonds is 6. The zero-order chi connectivity index (χ0) is 18.7. The van der Waals surface area contributed by atoms with Crippen LogP contribution in [0.3, 0.4) is 0 Å². The largest absolute Gasteiger partial charge is 0.493 e. The van der Waals surface area contributed by atoms with Crippen molar-refractivity contribution in [3.63, 3.8) is 0 Å². The normalized spacial score (nSPS) is 12.0. The summed E-state index contributed by atoms with van der Waals surface area (Å²) in [6, 6.07) is 11.7. The molecule has 7 heteroatoms. The summed E-state index contributed by atoms with van der Waals surface area (Å²) in [5.74, 6) is 0.366. The van der Waals surface area contributed by atoms with Gasteiger partial charge in [-0.15, -0.1) is 0 Å². The first kappa shape index (κ1) is 17.6. The maximum atomic E-state index is 12.5. The summed E-state index contributed by atoms with van der Waals surface area (Å²) in [4.78, 5) is 24.6. The zero-order valence-electron chi connectivity index (χ0n) is 14.8. The molecule has 1 unspecified atom stereocenters. The Hall–Kier alpha value is -3.22. The average molecular weight is 356 g/mol. The van der Waals surface area contributed by atoms with Crippen LogP contribution in [0.1, 0.15) is 18.5 Å². The van der Waals surface area contributed by atoms with E-state index in [2.05, 4.69) is 5.32 Å². The third kappa shape index (κ3) is 3.28. The number of hydrogen-bond acceptors (Lipinski definition) is 5. The third-order valence-electron chi connectivity index (χ3n) is 4.20. The monoisotopic (exact) mass is 356 g/mol. The van der Waals surface area contributed by atoms with Crippen molar-refractivity contribution in [2.24, 2.45) is 0 Å². The van der Waals surface area contributed by atoms with Crippen LogP contribution < -0.4 is 20.5 Å². The Balaban J connectivity index is 1.76. The minimum absolute atomic E-state index is 0.284. The van der Waals surface area contributed by atoms with Gasteiger partial charge in [0.15, 0.2) is 17.1 Å². The van der Waals surface area contributed by atoms with Gasteiger partial charge in [-0.3, -0.25) is 9.36 Å². The van der Waals surface area contributed by atoms with Crippen LogP contribution in [0.25, 0.3) is 11.1 Å². The third-order valence-corrected chi connectivity index (χ3v) is 4.20. The predicted octanol–water partition coefficient (Wildman–Crippen LogP) is 2.49. The number of carbonyl (C=O) groups is 1. The fraction of sp³-hybridized carbons (Fsp3) is 0.263. The van der Waals surface area contributed by atoms with Gasteiger partial charge in [0.2, 0.25) is 5.91 Å². The minimum Gasteiger partial charge on any atom is -0.493 e. The summed E-state index contributed by atoms with van der Waals surface area (Å²) in [7, 11) is 3.12. The molecule has 0 radical (unpaired) electrons. The highest BCUT2D eigenvalue weighted by Gasteiger charge is 2.21. The molecule has 0 spiro atoms. The predicted molar refractivity (Wildman–Crippen MR) is 96.6 cm³/mol. The van der Waals surface area contributed by atoms with Gasteiger partial charge in [0, 0.05) is 6.54 Å². The van der Waals surface area contributed by atoms with Crippen LogP contribution in [0, 0.1) is 0 Å². The molecule has 26 heavy (non-hydrogen) atoms. The van der Waals surface area contributed by atoms with E-state index in [0.29, 0.717) is 29.1 Å². The highest BCUT2D eigenvalue weighted by molar-refractivity contribution is 5.82. The Morgan fingerprint density at radius 3 is 2.62 bits per heavy atom. The first-order valence-electron chi connectivity index (χ1n) is 8.14. The number of ether oxygens (including phenoxy) is 2. The first-order valence-corrected chi connectivity index (χ1v) is 8.14. The van der Waals surface area contributed by atoms with E-state index < -0.39 is 11.8 Å². The minimum atomic E-state index is -0.703. The summed E-state index contributed by atoms with van der Waals surface area (Å²) < 4.78 is 17.0. The molecule has 1 atom stereocenters. The van der Waals surface area contributed by atoms with Gasteiger partial charge in [-0.25, -0.2) is 4.79 Å². The average Bonchev–Trinajstić information content (AvgIpc) is 3.00. The van der Waals surface area contributed by atoms with Crippen molar-refractivity contribution in [2.45, 2.75) is 19.5 Å². The van der Waals surface area contributed by atoms with E-state index in [1.807, 2.05) is 6.07 Å². The van der Waals surface area contributed by atoms with Gasteiger partial charge in [-0.1, -0.05) is 18.2 Å². The lowest BCUT2D eigenvalue weighted by Crippen LogP contribution is -2.34. The highest BCUT2D eigenvalue weighted by atomic mass is 16.5. The summed E-state index contributed by atoms with van der Waals surface area (Å²) in [6.07, 6.45) is 0. The summed E-state index contributed by atoms with van der Waals surface area (Å²) >= 11 is 0. The van der Waals surface area contributed by atoms with Crippen LogP contribution >= 0.6 is 0 Å². The lowest BCUT2D eigenvalue weighted by molar-refractivity contribution is -0.124. The van der Waals surface area contributed by atoms with Gasteiger partial charge in [0.05, 0.1) is 19.7 Å². The van der Waals surface area contributed by atoms with E-state index >= 15 is 0 Å². The molecule has 1 N–H and O–H groups in total. The van der Waals surface area contributed by atoms with Crippen molar-refractivity contribution in [1.82, 2.24) is 9.88 Å². The highest BCUT2D eigenvalue weighted by Crippen LogP contribution is 2.27. The summed E-state index contributed by atoms with van der Waals surface area (Å²) in [5, 5.41) is 2.83. The second-order valence-corrected chi connectivity index (χ2v) is 5.79. The number of fused-ring (bicyclic) bond motifs is 1. The van der Waals surface area contributed by atoms with Gasteiger partial charge in [0.1, 0.15) is 6.04 Å². The lowest BCUT2D eigenvalue weighted by Gasteiger charge is -2.14. The molecule has 1 heterocycles. The number of benzene rings is 2. The Bertz CT molecular complexity index is 989. The van der Waals surface area contributed by atoms with Gasteiger partial charge < -0.3 is 19.2 Å². The van der Waals surface area contributed by atoms with Crippen molar-refractivity contribution in [3.05, 3.63) is 58.6 Å². The molecule has 3 aromatic rings. The summed E-state index contributed by atoms with van der Waals surface area (Å²) in [5.41, 5.74) is 1.90. The smallest absolute Gasteiger partial charge is 0.420 e. The van der Waals surface area contributed by atoms with E-state index in [1.165, 1.54) is 4.57 Å². The number of para-hydroxylation sites is 2. The SMILES string of the molecule is COc1ccc(CNC(=O)C(C)n2c(=O)oc3ccccc32)cc1OC. The van der Waals surface area contributed by atoms with Crippen molar-refractivity contribution in [2.75, 3.05) is 14.2 Å². The molecule has 2 aromatic carbocycles. The Kier molecular flexibility index (Phi) is 4.97. The second-order valence-electron chi connectivity index (χ2n) is 5.79. The molecule has 0 fully saturated rings. The maximum absolute atomic E-state index is 12.5. The number of hydrogen-bond donors (Lipinski definition) is 1. The standard InChI is InChI=1S/C19H20N2O5/c1-12(21-14-6-4-5-7-15(14)26-19(21)23)18(22)20-11-13-8-9-16(24-2)17(10-13)25-3/h4-10,12H,11H2,1-3H3,(H,20,22). The zero-order valence-corrected chi connectivity index (χ0v) is 14.8. The Labute approximate surface area is 150 Å². The quantitative estimate of drug-likeness (QED) is 0.734. The van der Waals surface area contributed by atoms with Crippen molar-refractivity contribution < 1.29 is 18.7 Å². The van der Waals surface area contributed by atoms with E-state index in [1.54, 1.807) is 57.5 Å². The van der Waals surface area contributed by atoms with E-state index in [0.717, 1.165) is 5.56 Å². The van der Waals surface area contributed by atoms with E-state index in [9.17, 15) is 9.59 Å². The van der Waals surface area contributed by atoms with Crippen LogP contribution in [0.5, 0.6) is 11.5 Å². The van der Waals surface area contributed by atoms with Crippen molar-refractivity contribution in [3.8, 4) is 11.5 Å². The number of amides is 1. The first-order chi connectivity index (χ1) is 12.5. The molecule has 7 nitrogen and oxygen atoms in total. The van der Waals surface area contributed by atoms with Crippen LogP contribution in [0.2, 0.25) is 0 Å². The van der Waals surface area contributed by atoms with Crippen molar-refractivity contribution in [1.29, 1.82) is 0 Å². The maximum Gasteiger partial charge on any atom is 0.420 e. The van der Waals surface area contributed by atoms with Gasteiger partial charge >= 0.3 is 5.76 Å². The molecule has 0 aliphatic rings. The molecule has 0 saturated heterocycles. The summed E-state index contributed by atoms with van der Waals surface area (Å²) in [6.45, 7) is 1.96. The molecular formula is C19H20N2O5. The van der Waals surface area contributed by atoms with Crippen LogP contribution in [0.4, 0.5) is 0 Å². The van der Waals surface area contributed by atoms with Gasteiger partial charge in [-0.2, -0.15) is 0 Å². The molecule has 1 aromatic heterocycles. The molecule has 0 bridgehead atoms. The second kappa shape index (κ2) is 7.35. The van der Waals surface area contributed by atoms with Crippen LogP contribution in [-0.2, 0) is 11.3 Å². The number of nitrogens with zero attached hydrogens (tertiary/aromatic N) is 1. The molecule has 136 valence electrons. The fourth-order valence-electron chi connectivity index (χ4n) is 2.80.